The number of carbonyl (C=O) groups is 2. The van der Waals surface area contributed by atoms with Crippen LogP contribution < -0.4 is 0 Å². The Labute approximate surface area is 125 Å². The third kappa shape index (κ3) is 2.46. The van der Waals surface area contributed by atoms with E-state index in [0.717, 1.165) is 12.0 Å². The number of carbonyl (C=O) groups excluding carboxylic acids is 2. The van der Waals surface area contributed by atoms with Gasteiger partial charge in [0.15, 0.2) is 5.78 Å². The smallest absolute Gasteiger partial charge is 0.334 e. The third-order valence-electron chi connectivity index (χ3n) is 4.72. The number of rotatable bonds is 3. The molecule has 2 rings (SSSR count). The Bertz CT molecular complexity index is 539. The maximum atomic E-state index is 12.1. The molecule has 0 radical (unpaired) electrons. The summed E-state index contributed by atoms with van der Waals surface area (Å²) in [6.45, 7) is 7.64. The van der Waals surface area contributed by atoms with E-state index < -0.39 is 11.0 Å². The first-order valence-corrected chi connectivity index (χ1v) is 7.57. The highest BCUT2D eigenvalue weighted by Crippen LogP contribution is 2.51. The van der Waals surface area contributed by atoms with E-state index in [2.05, 4.69) is 0 Å². The molecule has 1 atom stereocenters. The summed E-state index contributed by atoms with van der Waals surface area (Å²) < 4.78 is 5.12. The predicted molar refractivity (Wildman–Crippen MR) is 79.6 cm³/mol. The minimum absolute atomic E-state index is 0.0263. The van der Waals surface area contributed by atoms with Crippen LogP contribution in [-0.4, -0.2) is 29.1 Å². The first-order chi connectivity index (χ1) is 9.74. The van der Waals surface area contributed by atoms with E-state index in [4.69, 9.17) is 4.74 Å². The number of ketones is 1. The van der Waals surface area contributed by atoms with Crippen LogP contribution in [0.25, 0.3) is 0 Å². The van der Waals surface area contributed by atoms with Crippen LogP contribution in [-0.2, 0) is 14.3 Å². The van der Waals surface area contributed by atoms with Crippen molar-refractivity contribution in [1.29, 1.82) is 0 Å². The van der Waals surface area contributed by atoms with Crippen molar-refractivity contribution >= 4 is 11.8 Å². The highest BCUT2D eigenvalue weighted by Gasteiger charge is 2.52. The van der Waals surface area contributed by atoms with Gasteiger partial charge in [-0.2, -0.15) is 0 Å². The van der Waals surface area contributed by atoms with Gasteiger partial charge >= 0.3 is 5.97 Å². The number of aliphatic hydroxyl groups is 1. The number of ether oxygens (including phenoxy) is 1. The fraction of sp³-hybridized carbons (Fsp3) is 0.647. The number of allylic oxidation sites excluding steroid dienone is 1. The third-order valence-corrected chi connectivity index (χ3v) is 4.72. The molecule has 0 aromatic rings. The summed E-state index contributed by atoms with van der Waals surface area (Å²) in [5.74, 6) is -0.308. The Kier molecular flexibility index (Phi) is 4.11. The van der Waals surface area contributed by atoms with Crippen molar-refractivity contribution < 1.29 is 19.4 Å². The van der Waals surface area contributed by atoms with Crippen molar-refractivity contribution in [2.75, 3.05) is 6.61 Å². The lowest BCUT2D eigenvalue weighted by atomic mass is 9.61. The molecule has 0 aliphatic heterocycles. The molecule has 0 fully saturated rings. The molecule has 1 N–H and O–H groups in total. The molecule has 0 spiro atoms. The van der Waals surface area contributed by atoms with Crippen LogP contribution in [0, 0.1) is 5.41 Å². The zero-order valence-corrected chi connectivity index (χ0v) is 13.3. The molecule has 0 saturated carbocycles. The van der Waals surface area contributed by atoms with E-state index >= 15 is 0 Å². The molecule has 116 valence electrons. The normalized spacial score (nSPS) is 28.6. The minimum atomic E-state index is -1.24. The number of hydrogen-bond donors (Lipinski definition) is 1. The fourth-order valence-electron chi connectivity index (χ4n) is 3.73. The average Bonchev–Trinajstić information content (AvgIpc) is 2.84. The second kappa shape index (κ2) is 5.41. The molecule has 0 aromatic carbocycles. The minimum Gasteiger partial charge on any atom is -0.463 e. The van der Waals surface area contributed by atoms with Crippen molar-refractivity contribution in [2.45, 2.75) is 59.0 Å². The van der Waals surface area contributed by atoms with Crippen molar-refractivity contribution in [2.24, 2.45) is 5.41 Å². The van der Waals surface area contributed by atoms with Gasteiger partial charge in [0.1, 0.15) is 5.60 Å². The lowest BCUT2D eigenvalue weighted by Gasteiger charge is -2.47. The Balaban J connectivity index is 2.55. The molecule has 0 heterocycles. The fourth-order valence-corrected chi connectivity index (χ4v) is 3.73. The molecule has 4 heteroatoms. The van der Waals surface area contributed by atoms with Gasteiger partial charge in [-0.05, 0) is 50.3 Å². The molecular weight excluding hydrogens is 268 g/mol. The van der Waals surface area contributed by atoms with E-state index in [9.17, 15) is 14.7 Å². The standard InChI is InChI=1S/C17H24O4/c1-5-21-15(19)13-7-6-8-14(13)17(20)11(2)9-12(18)10-16(17,3)4/h9,20H,5-8,10H2,1-4H3. The van der Waals surface area contributed by atoms with Crippen molar-refractivity contribution in [3.8, 4) is 0 Å². The molecule has 0 bridgehead atoms. The molecular formula is C17H24O4. The number of esters is 1. The molecule has 2 aliphatic carbocycles. The monoisotopic (exact) mass is 292 g/mol. The summed E-state index contributed by atoms with van der Waals surface area (Å²) in [6, 6.07) is 0. The molecule has 0 aromatic heterocycles. The van der Waals surface area contributed by atoms with Gasteiger partial charge < -0.3 is 9.84 Å². The molecule has 2 aliphatic rings. The first kappa shape index (κ1) is 16.0. The molecule has 21 heavy (non-hydrogen) atoms. The molecule has 4 nitrogen and oxygen atoms in total. The second-order valence-electron chi connectivity index (χ2n) is 6.60. The molecule has 0 saturated heterocycles. The van der Waals surface area contributed by atoms with Crippen LogP contribution in [0.2, 0.25) is 0 Å². The number of hydrogen-bond acceptors (Lipinski definition) is 4. The van der Waals surface area contributed by atoms with Crippen molar-refractivity contribution in [3.63, 3.8) is 0 Å². The summed E-state index contributed by atoms with van der Waals surface area (Å²) in [6.07, 6.45) is 3.93. The molecule has 0 amide bonds. The largest absolute Gasteiger partial charge is 0.463 e. The summed E-state index contributed by atoms with van der Waals surface area (Å²) in [4.78, 5) is 24.0. The summed E-state index contributed by atoms with van der Waals surface area (Å²) in [5, 5.41) is 11.4. The lowest BCUT2D eigenvalue weighted by Crippen LogP contribution is -2.51. The predicted octanol–water partition coefficient (Wildman–Crippen LogP) is 2.71. The van der Waals surface area contributed by atoms with Gasteiger partial charge in [-0.15, -0.1) is 0 Å². The highest BCUT2D eigenvalue weighted by atomic mass is 16.5. The van der Waals surface area contributed by atoms with E-state index in [-0.39, 0.29) is 18.2 Å². The Morgan fingerprint density at radius 2 is 2.05 bits per heavy atom. The van der Waals surface area contributed by atoms with Crippen LogP contribution in [0.15, 0.2) is 22.8 Å². The maximum absolute atomic E-state index is 12.1. The quantitative estimate of drug-likeness (QED) is 0.812. The van der Waals surface area contributed by atoms with Gasteiger partial charge in [0.25, 0.3) is 0 Å². The SMILES string of the molecule is CCOC(=O)C1=C(C2(O)C(C)=CC(=O)CC2(C)C)CCC1. The van der Waals surface area contributed by atoms with E-state index in [1.54, 1.807) is 13.8 Å². The van der Waals surface area contributed by atoms with E-state index in [1.807, 2.05) is 13.8 Å². The Morgan fingerprint density at radius 3 is 2.62 bits per heavy atom. The van der Waals surface area contributed by atoms with E-state index in [0.29, 0.717) is 30.6 Å². The van der Waals surface area contributed by atoms with Gasteiger partial charge in [0.05, 0.1) is 6.61 Å². The van der Waals surface area contributed by atoms with Crippen molar-refractivity contribution in [3.05, 3.63) is 22.8 Å². The average molecular weight is 292 g/mol. The Hall–Kier alpha value is -1.42. The van der Waals surface area contributed by atoms with Gasteiger partial charge in [0.2, 0.25) is 0 Å². The maximum Gasteiger partial charge on any atom is 0.334 e. The summed E-state index contributed by atoms with van der Waals surface area (Å²) >= 11 is 0. The first-order valence-electron chi connectivity index (χ1n) is 7.57. The van der Waals surface area contributed by atoms with Crippen LogP contribution in [0.4, 0.5) is 0 Å². The summed E-state index contributed by atoms with van der Waals surface area (Å²) in [7, 11) is 0. The van der Waals surface area contributed by atoms with Gasteiger partial charge in [-0.3, -0.25) is 4.79 Å². The van der Waals surface area contributed by atoms with Crippen LogP contribution in [0.3, 0.4) is 0 Å². The zero-order valence-electron chi connectivity index (χ0n) is 13.3. The topological polar surface area (TPSA) is 63.6 Å². The van der Waals surface area contributed by atoms with Gasteiger partial charge in [-0.25, -0.2) is 4.79 Å². The van der Waals surface area contributed by atoms with Gasteiger partial charge in [0, 0.05) is 17.4 Å². The summed E-state index contributed by atoms with van der Waals surface area (Å²) in [5.41, 5.74) is 0.101. The van der Waals surface area contributed by atoms with Crippen LogP contribution in [0.1, 0.15) is 53.4 Å². The lowest BCUT2D eigenvalue weighted by molar-refractivity contribution is -0.138. The second-order valence-corrected chi connectivity index (χ2v) is 6.60. The molecule has 1 unspecified atom stereocenters. The van der Waals surface area contributed by atoms with E-state index in [1.165, 1.54) is 6.08 Å². The van der Waals surface area contributed by atoms with Gasteiger partial charge in [-0.1, -0.05) is 13.8 Å². The van der Waals surface area contributed by atoms with Crippen LogP contribution in [0.5, 0.6) is 0 Å². The highest BCUT2D eigenvalue weighted by molar-refractivity contribution is 5.94. The Morgan fingerprint density at radius 1 is 1.38 bits per heavy atom. The van der Waals surface area contributed by atoms with Crippen LogP contribution >= 0.6 is 0 Å². The van der Waals surface area contributed by atoms with Crippen molar-refractivity contribution in [1.82, 2.24) is 0 Å². The zero-order chi connectivity index (χ0) is 15.8.